The number of carbonyl (C=O) groups excluding carboxylic acids is 2. The fraction of sp³-hybridized carbons (Fsp3) is 0.129. The second-order valence-electron chi connectivity index (χ2n) is 9.82. The lowest BCUT2D eigenvalue weighted by Crippen LogP contribution is -2.52. The third-order valence-corrected chi connectivity index (χ3v) is 7.94. The van der Waals surface area contributed by atoms with Crippen molar-refractivity contribution in [2.24, 2.45) is 0 Å². The van der Waals surface area contributed by atoms with Crippen molar-refractivity contribution in [3.63, 3.8) is 0 Å². The molecule has 7 rings (SSSR count). The molecule has 5 aromatic rings. The van der Waals surface area contributed by atoms with Gasteiger partial charge in [-0.15, -0.1) is 0 Å². The lowest BCUT2D eigenvalue weighted by atomic mass is 9.84. The summed E-state index contributed by atoms with van der Waals surface area (Å²) in [6.07, 6.45) is 1.50. The molecule has 8 heteroatoms. The van der Waals surface area contributed by atoms with Gasteiger partial charge in [0.1, 0.15) is 11.3 Å². The van der Waals surface area contributed by atoms with E-state index in [0.29, 0.717) is 33.0 Å². The molecule has 2 aliphatic rings. The number of rotatable bonds is 4. The molecule has 0 saturated carbocycles. The Morgan fingerprint density at radius 1 is 0.897 bits per heavy atom. The van der Waals surface area contributed by atoms with Crippen molar-refractivity contribution in [1.29, 1.82) is 0 Å². The van der Waals surface area contributed by atoms with E-state index in [1.807, 2.05) is 43.3 Å². The van der Waals surface area contributed by atoms with E-state index in [1.54, 1.807) is 47.4 Å². The number of carbonyl (C=O) groups is 2. The number of para-hydroxylation sites is 1. The molecular weight excluding hydrogens is 516 g/mol. The van der Waals surface area contributed by atoms with E-state index in [9.17, 15) is 14.4 Å². The van der Waals surface area contributed by atoms with Gasteiger partial charge in [0.2, 0.25) is 5.76 Å². The molecule has 1 atom stereocenters. The van der Waals surface area contributed by atoms with Crippen LogP contribution in [0.15, 0.2) is 98.8 Å². The highest BCUT2D eigenvalue weighted by atomic mass is 35.5. The second kappa shape index (κ2) is 8.44. The number of halogens is 1. The fourth-order valence-electron chi connectivity index (χ4n) is 5.84. The van der Waals surface area contributed by atoms with Crippen LogP contribution in [0.2, 0.25) is 5.02 Å². The molecule has 0 aliphatic carbocycles. The number of amides is 2. The Bertz CT molecular complexity index is 1880. The van der Waals surface area contributed by atoms with E-state index in [4.69, 9.17) is 20.4 Å². The zero-order valence-electron chi connectivity index (χ0n) is 20.8. The first-order valence-electron chi connectivity index (χ1n) is 12.5. The van der Waals surface area contributed by atoms with E-state index in [2.05, 4.69) is 0 Å². The van der Waals surface area contributed by atoms with Crippen molar-refractivity contribution >= 4 is 40.1 Å². The van der Waals surface area contributed by atoms with Gasteiger partial charge in [0.25, 0.3) is 11.8 Å². The molecule has 0 radical (unpaired) electrons. The number of hydrogen-bond donors (Lipinski definition) is 0. The summed E-state index contributed by atoms with van der Waals surface area (Å²) in [7, 11) is 0. The third-order valence-electron chi connectivity index (χ3n) is 7.57. The fourth-order valence-corrected chi connectivity index (χ4v) is 6.03. The van der Waals surface area contributed by atoms with Crippen molar-refractivity contribution in [2.45, 2.75) is 25.6 Å². The Hall–Kier alpha value is -4.62. The molecule has 0 fully saturated rings. The number of nitrogens with zero attached hydrogens (tertiary/aromatic N) is 2. The highest BCUT2D eigenvalue weighted by Gasteiger charge is 2.65. The van der Waals surface area contributed by atoms with Crippen LogP contribution in [-0.2, 0) is 23.4 Å². The van der Waals surface area contributed by atoms with Crippen LogP contribution in [0.3, 0.4) is 0 Å². The molecule has 0 saturated heterocycles. The van der Waals surface area contributed by atoms with Crippen LogP contribution in [0.1, 0.15) is 38.6 Å². The molecule has 2 amide bonds. The SMILES string of the molecule is Cc1ccc2oc3c(c(=O)c2c1)C1(C(=O)N(Cc2ccccc2Cl)c2ccccc21)N(Cc1ccco1)C3=O. The highest BCUT2D eigenvalue weighted by molar-refractivity contribution is 6.31. The van der Waals surface area contributed by atoms with Crippen LogP contribution in [0.25, 0.3) is 11.0 Å². The summed E-state index contributed by atoms with van der Waals surface area (Å²) < 4.78 is 11.7. The van der Waals surface area contributed by atoms with Gasteiger partial charge in [-0.2, -0.15) is 0 Å². The molecule has 1 spiro atoms. The molecule has 0 N–H and O–H groups in total. The van der Waals surface area contributed by atoms with Crippen LogP contribution < -0.4 is 10.3 Å². The summed E-state index contributed by atoms with van der Waals surface area (Å²) >= 11 is 6.48. The zero-order chi connectivity index (χ0) is 26.9. The zero-order valence-corrected chi connectivity index (χ0v) is 21.6. The number of anilines is 1. The molecular formula is C31H21ClN2O5. The topological polar surface area (TPSA) is 84.0 Å². The standard InChI is InChI=1S/C31H21ClN2O5/c1-18-12-13-25-21(15-18)27(35)26-28(39-25)29(36)34(17-20-8-6-14-38-20)31(26)22-9-3-5-11-24(22)33(30(31)37)16-19-7-2-4-10-23(19)32/h2-15H,16-17H2,1H3. The van der Waals surface area contributed by atoms with Gasteiger partial charge in [-0.25, -0.2) is 0 Å². The van der Waals surface area contributed by atoms with Crippen molar-refractivity contribution < 1.29 is 18.4 Å². The number of benzene rings is 3. The Morgan fingerprint density at radius 3 is 2.49 bits per heavy atom. The average molecular weight is 537 g/mol. The predicted molar refractivity (Wildman–Crippen MR) is 146 cm³/mol. The summed E-state index contributed by atoms with van der Waals surface area (Å²) in [5, 5.41) is 0.829. The molecule has 2 aromatic heterocycles. The summed E-state index contributed by atoms with van der Waals surface area (Å²) in [6.45, 7) is 2.00. The van der Waals surface area contributed by atoms with Gasteiger partial charge in [-0.1, -0.05) is 59.6 Å². The number of hydrogen-bond acceptors (Lipinski definition) is 5. The number of fused-ring (bicyclic) bond motifs is 5. The third kappa shape index (κ3) is 3.20. The van der Waals surface area contributed by atoms with Crippen LogP contribution in [0.4, 0.5) is 5.69 Å². The van der Waals surface area contributed by atoms with Gasteiger partial charge >= 0.3 is 0 Å². The van der Waals surface area contributed by atoms with Gasteiger partial charge in [0, 0.05) is 10.6 Å². The van der Waals surface area contributed by atoms with Gasteiger partial charge in [0.15, 0.2) is 11.0 Å². The lowest BCUT2D eigenvalue weighted by molar-refractivity contribution is -0.126. The maximum Gasteiger partial charge on any atom is 0.291 e. The molecule has 3 aromatic carbocycles. The van der Waals surface area contributed by atoms with E-state index in [-0.39, 0.29) is 24.4 Å². The van der Waals surface area contributed by atoms with Crippen molar-refractivity contribution in [3.05, 3.63) is 134 Å². The van der Waals surface area contributed by atoms with E-state index in [1.165, 1.54) is 11.2 Å². The Kier molecular flexibility index (Phi) is 5.09. The highest BCUT2D eigenvalue weighted by Crippen LogP contribution is 2.53. The van der Waals surface area contributed by atoms with Crippen LogP contribution in [0.5, 0.6) is 0 Å². The van der Waals surface area contributed by atoms with Crippen LogP contribution >= 0.6 is 11.6 Å². The Morgan fingerprint density at radius 2 is 1.69 bits per heavy atom. The maximum atomic E-state index is 14.8. The number of aryl methyl sites for hydroxylation is 1. The minimum atomic E-state index is -1.74. The molecule has 39 heavy (non-hydrogen) atoms. The molecule has 1 unspecified atom stereocenters. The van der Waals surface area contributed by atoms with Crippen LogP contribution in [0, 0.1) is 6.92 Å². The Labute approximate surface area is 227 Å². The van der Waals surface area contributed by atoms with Crippen molar-refractivity contribution in [2.75, 3.05) is 4.90 Å². The largest absolute Gasteiger partial charge is 0.467 e. The quantitative estimate of drug-likeness (QED) is 0.290. The molecule has 0 bridgehead atoms. The summed E-state index contributed by atoms with van der Waals surface area (Å²) in [6, 6.07) is 23.2. The minimum Gasteiger partial charge on any atom is -0.467 e. The first kappa shape index (κ1) is 23.5. The number of furan rings is 1. The van der Waals surface area contributed by atoms with Gasteiger partial charge in [-0.05, 0) is 48.9 Å². The van der Waals surface area contributed by atoms with Gasteiger partial charge in [-0.3, -0.25) is 14.4 Å². The summed E-state index contributed by atoms with van der Waals surface area (Å²) in [5.41, 5.74) is 0.886. The average Bonchev–Trinajstić information content (AvgIpc) is 3.60. The molecule has 2 aliphatic heterocycles. The second-order valence-corrected chi connectivity index (χ2v) is 10.2. The normalized spacial score (nSPS) is 17.9. The monoisotopic (exact) mass is 536 g/mol. The van der Waals surface area contributed by atoms with E-state index >= 15 is 0 Å². The van der Waals surface area contributed by atoms with Gasteiger partial charge < -0.3 is 18.6 Å². The summed E-state index contributed by atoms with van der Waals surface area (Å²) in [5.74, 6) is -0.644. The molecule has 7 nitrogen and oxygen atoms in total. The molecule has 192 valence electrons. The van der Waals surface area contributed by atoms with Gasteiger partial charge in [0.05, 0.1) is 36.0 Å². The first-order valence-corrected chi connectivity index (χ1v) is 12.9. The van der Waals surface area contributed by atoms with Crippen molar-refractivity contribution in [1.82, 2.24) is 4.90 Å². The maximum absolute atomic E-state index is 14.8. The smallest absolute Gasteiger partial charge is 0.291 e. The first-order chi connectivity index (χ1) is 18.9. The van der Waals surface area contributed by atoms with Crippen LogP contribution in [-0.4, -0.2) is 16.7 Å². The Balaban J connectivity index is 1.53. The predicted octanol–water partition coefficient (Wildman–Crippen LogP) is 5.79. The lowest BCUT2D eigenvalue weighted by Gasteiger charge is -2.33. The van der Waals surface area contributed by atoms with Crippen molar-refractivity contribution in [3.8, 4) is 0 Å². The van der Waals surface area contributed by atoms with E-state index < -0.39 is 22.8 Å². The summed E-state index contributed by atoms with van der Waals surface area (Å²) in [4.78, 5) is 46.1. The minimum absolute atomic E-state index is 0.0243. The molecule has 4 heterocycles. The van der Waals surface area contributed by atoms with E-state index in [0.717, 1.165) is 11.1 Å².